The van der Waals surface area contributed by atoms with Crippen LogP contribution in [0.4, 0.5) is 0 Å². The highest BCUT2D eigenvalue weighted by Gasteiger charge is 2.19. The molecular weight excluding hydrogens is 925 g/mol. The second-order valence-corrected chi connectivity index (χ2v) is 20.9. The lowest BCUT2D eigenvalue weighted by atomic mass is 10.0. The van der Waals surface area contributed by atoms with Gasteiger partial charge in [-0.2, -0.15) is 0 Å². The van der Waals surface area contributed by atoms with Crippen LogP contribution in [0.2, 0.25) is 0 Å². The highest BCUT2D eigenvalue weighted by atomic mass is 16.6. The summed E-state index contributed by atoms with van der Waals surface area (Å²) < 4.78 is 16.9. The van der Waals surface area contributed by atoms with E-state index in [2.05, 4.69) is 118 Å². The standard InChI is InChI=1S/C69H118O6/c1-4-7-10-13-16-19-22-25-27-29-31-33-34-36-37-39-41-44-47-50-53-56-59-62-68(71)74-65-66(64-73-67(70)61-58-55-52-49-46-43-24-21-18-15-12-9-6-3)75-69(72)63-60-57-54-51-48-45-42-40-38-35-32-30-28-26-23-20-17-14-11-8-5-2/h7,10,16,19,21,24-25,27,31,33,36-37,41,44,50,53,66H,4-6,8-9,11-15,17-18,20,22-23,26,28-30,32,34-35,38-40,42-43,45-49,51-52,54-65H2,1-3H3/b10-7-,19-16-,24-21-,27-25-,33-31-,37-36-,44-41-,53-50-. The predicted octanol–water partition coefficient (Wildman–Crippen LogP) is 21.7. The minimum Gasteiger partial charge on any atom is -0.462 e. The van der Waals surface area contributed by atoms with Crippen molar-refractivity contribution in [2.45, 2.75) is 309 Å². The monoisotopic (exact) mass is 1040 g/mol. The number of unbranched alkanes of at least 4 members (excludes halogenated alkanes) is 30. The first-order valence-corrected chi connectivity index (χ1v) is 31.7. The molecule has 430 valence electrons. The highest BCUT2D eigenvalue weighted by molar-refractivity contribution is 5.71. The fourth-order valence-electron chi connectivity index (χ4n) is 8.84. The van der Waals surface area contributed by atoms with Gasteiger partial charge in [0, 0.05) is 19.3 Å². The van der Waals surface area contributed by atoms with Crippen molar-refractivity contribution in [2.75, 3.05) is 13.2 Å². The predicted molar refractivity (Wildman–Crippen MR) is 325 cm³/mol. The molecule has 1 atom stereocenters. The van der Waals surface area contributed by atoms with E-state index in [1.165, 1.54) is 161 Å². The van der Waals surface area contributed by atoms with Crippen LogP contribution in [0.1, 0.15) is 303 Å². The van der Waals surface area contributed by atoms with Gasteiger partial charge in [0.05, 0.1) is 0 Å². The van der Waals surface area contributed by atoms with Gasteiger partial charge in [-0.25, -0.2) is 0 Å². The van der Waals surface area contributed by atoms with Gasteiger partial charge in [-0.15, -0.1) is 0 Å². The van der Waals surface area contributed by atoms with Crippen LogP contribution in [0.15, 0.2) is 97.2 Å². The topological polar surface area (TPSA) is 78.9 Å². The summed E-state index contributed by atoms with van der Waals surface area (Å²) >= 11 is 0. The first-order chi connectivity index (χ1) is 37.0. The van der Waals surface area contributed by atoms with E-state index >= 15 is 0 Å². The van der Waals surface area contributed by atoms with Crippen molar-refractivity contribution in [3.63, 3.8) is 0 Å². The van der Waals surface area contributed by atoms with Gasteiger partial charge in [0.25, 0.3) is 0 Å². The summed E-state index contributed by atoms with van der Waals surface area (Å²) in [4.78, 5) is 38.3. The molecule has 75 heavy (non-hydrogen) atoms. The third-order valence-electron chi connectivity index (χ3n) is 13.6. The molecule has 0 aliphatic carbocycles. The largest absolute Gasteiger partial charge is 0.462 e. The highest BCUT2D eigenvalue weighted by Crippen LogP contribution is 2.17. The third kappa shape index (κ3) is 61.1. The van der Waals surface area contributed by atoms with E-state index in [0.717, 1.165) is 96.3 Å². The molecule has 0 spiro atoms. The first kappa shape index (κ1) is 71.3. The maximum absolute atomic E-state index is 12.9. The molecule has 0 heterocycles. The average molecular weight is 1040 g/mol. The van der Waals surface area contributed by atoms with E-state index in [0.29, 0.717) is 19.3 Å². The summed E-state index contributed by atoms with van der Waals surface area (Å²) in [6, 6.07) is 0. The maximum Gasteiger partial charge on any atom is 0.306 e. The van der Waals surface area contributed by atoms with Crippen molar-refractivity contribution < 1.29 is 28.6 Å². The van der Waals surface area contributed by atoms with Crippen molar-refractivity contribution >= 4 is 17.9 Å². The quantitative estimate of drug-likeness (QED) is 0.0261. The molecule has 0 radical (unpaired) electrons. The molecule has 0 amide bonds. The SMILES string of the molecule is CC/C=C\C/C=C\C/C=C\C/C=C\C/C=C\C/C=C\C/C=C\CCCC(=O)OCC(COC(=O)CCCCCCC/C=C\CCCCCC)OC(=O)CCCCCCCCCCCCCCCCCCCCCCC. The zero-order valence-electron chi connectivity index (χ0n) is 49.3. The molecule has 0 aliphatic rings. The van der Waals surface area contributed by atoms with Crippen LogP contribution < -0.4 is 0 Å². The Bertz CT molecular complexity index is 1480. The number of esters is 3. The van der Waals surface area contributed by atoms with Gasteiger partial charge >= 0.3 is 17.9 Å². The minimum atomic E-state index is -0.804. The molecule has 0 N–H and O–H groups in total. The van der Waals surface area contributed by atoms with Gasteiger partial charge in [0.2, 0.25) is 0 Å². The number of allylic oxidation sites excluding steroid dienone is 16. The number of carbonyl (C=O) groups excluding carboxylic acids is 3. The second-order valence-electron chi connectivity index (χ2n) is 20.9. The van der Waals surface area contributed by atoms with Crippen molar-refractivity contribution in [3.8, 4) is 0 Å². The van der Waals surface area contributed by atoms with Gasteiger partial charge in [-0.3, -0.25) is 14.4 Å². The number of hydrogen-bond acceptors (Lipinski definition) is 6. The number of rotatable bonds is 57. The van der Waals surface area contributed by atoms with Crippen LogP contribution in [-0.2, 0) is 28.6 Å². The Kier molecular flexibility index (Phi) is 59.8. The Morgan fingerprint density at radius 3 is 0.893 bits per heavy atom. The van der Waals surface area contributed by atoms with Gasteiger partial charge < -0.3 is 14.2 Å². The second kappa shape index (κ2) is 62.9. The summed E-state index contributed by atoms with van der Waals surface area (Å²) in [5.41, 5.74) is 0. The summed E-state index contributed by atoms with van der Waals surface area (Å²) in [6.07, 6.45) is 84.2. The molecule has 0 bridgehead atoms. The lowest BCUT2D eigenvalue weighted by Gasteiger charge is -2.18. The van der Waals surface area contributed by atoms with Crippen LogP contribution in [0.5, 0.6) is 0 Å². The summed E-state index contributed by atoms with van der Waals surface area (Å²) in [6.45, 7) is 6.49. The molecule has 0 aromatic heterocycles. The number of hydrogen-bond donors (Lipinski definition) is 0. The van der Waals surface area contributed by atoms with E-state index in [9.17, 15) is 14.4 Å². The Morgan fingerprint density at radius 1 is 0.280 bits per heavy atom. The molecule has 0 aliphatic heterocycles. The fourth-order valence-corrected chi connectivity index (χ4v) is 8.84. The van der Waals surface area contributed by atoms with Gasteiger partial charge in [0.1, 0.15) is 13.2 Å². The van der Waals surface area contributed by atoms with Crippen LogP contribution in [0.25, 0.3) is 0 Å². The minimum absolute atomic E-state index is 0.0979. The molecule has 6 nitrogen and oxygen atoms in total. The third-order valence-corrected chi connectivity index (χ3v) is 13.6. The molecule has 6 heteroatoms. The molecular formula is C69H118O6. The zero-order valence-corrected chi connectivity index (χ0v) is 49.3. The van der Waals surface area contributed by atoms with Crippen molar-refractivity contribution in [1.29, 1.82) is 0 Å². The van der Waals surface area contributed by atoms with Crippen molar-refractivity contribution in [2.24, 2.45) is 0 Å². The lowest BCUT2D eigenvalue weighted by Crippen LogP contribution is -2.30. The van der Waals surface area contributed by atoms with E-state index in [1.807, 2.05) is 0 Å². The maximum atomic E-state index is 12.9. The van der Waals surface area contributed by atoms with Crippen LogP contribution in [-0.4, -0.2) is 37.2 Å². The van der Waals surface area contributed by atoms with Gasteiger partial charge in [-0.05, 0) is 96.3 Å². The average Bonchev–Trinajstić information content (AvgIpc) is 3.41. The van der Waals surface area contributed by atoms with Gasteiger partial charge in [-0.1, -0.05) is 285 Å². The van der Waals surface area contributed by atoms with E-state index < -0.39 is 6.10 Å². The Morgan fingerprint density at radius 2 is 0.533 bits per heavy atom. The number of ether oxygens (including phenoxy) is 3. The van der Waals surface area contributed by atoms with Crippen LogP contribution in [0.3, 0.4) is 0 Å². The van der Waals surface area contributed by atoms with Crippen molar-refractivity contribution in [3.05, 3.63) is 97.2 Å². The summed E-state index contributed by atoms with van der Waals surface area (Å²) in [5, 5.41) is 0. The van der Waals surface area contributed by atoms with Gasteiger partial charge in [0.15, 0.2) is 6.10 Å². The summed E-state index contributed by atoms with van der Waals surface area (Å²) in [5.74, 6) is -0.957. The molecule has 0 rings (SSSR count). The zero-order chi connectivity index (χ0) is 54.3. The molecule has 0 aromatic carbocycles. The Labute approximate surface area is 464 Å². The van der Waals surface area contributed by atoms with E-state index in [4.69, 9.17) is 14.2 Å². The molecule has 0 saturated heterocycles. The lowest BCUT2D eigenvalue weighted by molar-refractivity contribution is -0.167. The normalized spacial score (nSPS) is 12.7. The Hall–Kier alpha value is -3.67. The van der Waals surface area contributed by atoms with E-state index in [-0.39, 0.29) is 37.5 Å². The fraction of sp³-hybridized carbons (Fsp3) is 0.725. The molecule has 0 aromatic rings. The summed E-state index contributed by atoms with van der Waals surface area (Å²) in [7, 11) is 0. The molecule has 0 fully saturated rings. The first-order valence-electron chi connectivity index (χ1n) is 31.7. The smallest absolute Gasteiger partial charge is 0.306 e. The molecule has 0 saturated carbocycles. The van der Waals surface area contributed by atoms with Crippen LogP contribution in [0, 0.1) is 0 Å². The van der Waals surface area contributed by atoms with E-state index in [1.54, 1.807) is 0 Å². The molecule has 1 unspecified atom stereocenters. The van der Waals surface area contributed by atoms with Crippen LogP contribution >= 0.6 is 0 Å². The Balaban J connectivity index is 4.43. The number of carbonyl (C=O) groups is 3. The van der Waals surface area contributed by atoms with Crippen molar-refractivity contribution in [1.82, 2.24) is 0 Å².